The van der Waals surface area contributed by atoms with Crippen LogP contribution in [0.4, 0.5) is 17.1 Å². The van der Waals surface area contributed by atoms with Crippen molar-refractivity contribution < 1.29 is 21.6 Å². The fourth-order valence-electron chi connectivity index (χ4n) is 6.08. The summed E-state index contributed by atoms with van der Waals surface area (Å²) in [5.74, 6) is 0.879. The van der Waals surface area contributed by atoms with Gasteiger partial charge in [0.15, 0.2) is 17.3 Å². The van der Waals surface area contributed by atoms with E-state index in [4.69, 9.17) is 26.5 Å². The summed E-state index contributed by atoms with van der Waals surface area (Å²) in [6.45, 7) is 23.9. The van der Waals surface area contributed by atoms with Crippen LogP contribution >= 0.6 is 11.6 Å². The quantitative estimate of drug-likeness (QED) is 0.0812. The molecule has 0 radical (unpaired) electrons. The number of benzene rings is 3. The number of halogens is 1. The summed E-state index contributed by atoms with van der Waals surface area (Å²) in [6, 6.07) is 18.1. The van der Waals surface area contributed by atoms with Gasteiger partial charge in [-0.15, -0.1) is 0 Å². The van der Waals surface area contributed by atoms with Gasteiger partial charge >= 0.3 is 22.5 Å². The number of aryl methyl sites for hydroxylation is 2. The average molecular weight is 749 g/mol. The van der Waals surface area contributed by atoms with E-state index in [-0.39, 0.29) is 50.8 Å². The van der Waals surface area contributed by atoms with Crippen molar-refractivity contribution in [2.75, 3.05) is 9.44 Å². The van der Waals surface area contributed by atoms with Gasteiger partial charge in [-0.2, -0.15) is 8.42 Å². The van der Waals surface area contributed by atoms with Crippen LogP contribution in [0.3, 0.4) is 0 Å². The van der Waals surface area contributed by atoms with Crippen LogP contribution in [0.1, 0.15) is 81.4 Å². The molecule has 0 aliphatic rings. The van der Waals surface area contributed by atoms with E-state index >= 15 is 0 Å². The first-order valence-electron chi connectivity index (χ1n) is 16.3. The Hall–Kier alpha value is -4.64. The predicted octanol–water partition coefficient (Wildman–Crippen LogP) is 9.60. The smallest absolute Gasteiger partial charge is 0.316 e. The maximum atomic E-state index is 13.3. The Balaban J connectivity index is 1.31. The second kappa shape index (κ2) is 14.9. The molecule has 268 valence electrons. The predicted molar refractivity (Wildman–Crippen MR) is 205 cm³/mol. The molecule has 0 saturated carbocycles. The number of hydrogen-bond acceptors (Lipinski definition) is 6. The molecule has 3 aromatic carbocycles. The zero-order valence-corrected chi connectivity index (χ0v) is 32.2. The van der Waals surface area contributed by atoms with Crippen LogP contribution in [-0.4, -0.2) is 28.8 Å². The highest BCUT2D eigenvalue weighted by molar-refractivity contribution is 7.82. The standard InChI is InChI=1S/C37H41ClN6O5S2/c1-10-28(45)31-32(39-9)33(38)44-35(31)40-34(41-44)26-13-11-12-14-27(26)43-51(47)49-30-20-25(18-16-23(30)3)42-50(46)48-29-19-24(17-15-22(29)2)37(7,8)21-36(4,5)6/h11-20,42-43H,10,21H2,1-8H3,(H,40,41). The summed E-state index contributed by atoms with van der Waals surface area (Å²) in [4.78, 5) is 20.7. The van der Waals surface area contributed by atoms with E-state index in [9.17, 15) is 13.2 Å². The first kappa shape index (κ1) is 37.6. The van der Waals surface area contributed by atoms with E-state index < -0.39 is 22.5 Å². The third kappa shape index (κ3) is 8.47. The van der Waals surface area contributed by atoms with Crippen LogP contribution in [0.5, 0.6) is 11.5 Å². The SMILES string of the molecule is [C-]#[N+]c1c(C(=O)CC)c2nc(-c3ccccc3NS(=O)Oc3cc(NS(=O)Oc4cc(C(C)(C)CC(C)(C)C)ccc4C)ccc3C)[nH]n2c1Cl. The largest absolute Gasteiger partial charge is 0.385 e. The first-order valence-corrected chi connectivity index (χ1v) is 18.8. The third-order valence-electron chi connectivity index (χ3n) is 8.25. The van der Waals surface area contributed by atoms with Gasteiger partial charge in [-0.05, 0) is 72.1 Å². The fourth-order valence-corrected chi connectivity index (χ4v) is 7.79. The number of fused-ring (bicyclic) bond motifs is 1. The minimum absolute atomic E-state index is 0.0391. The minimum atomic E-state index is -2.07. The highest BCUT2D eigenvalue weighted by Gasteiger charge is 2.29. The van der Waals surface area contributed by atoms with Gasteiger partial charge in [-0.3, -0.25) is 19.3 Å². The van der Waals surface area contributed by atoms with Crippen LogP contribution in [0.25, 0.3) is 21.9 Å². The molecule has 5 rings (SSSR count). The normalized spacial score (nSPS) is 13.0. The Bertz CT molecular complexity index is 2210. The van der Waals surface area contributed by atoms with Crippen molar-refractivity contribution in [3.05, 3.63) is 99.5 Å². The van der Waals surface area contributed by atoms with E-state index in [2.05, 4.69) is 65.1 Å². The summed E-state index contributed by atoms with van der Waals surface area (Å²) in [5.41, 5.74) is 4.45. The number of para-hydroxylation sites is 1. The van der Waals surface area contributed by atoms with Gasteiger partial charge in [-0.1, -0.05) is 83.5 Å². The lowest BCUT2D eigenvalue weighted by molar-refractivity contribution is 0.0990. The van der Waals surface area contributed by atoms with Crippen molar-refractivity contribution in [3.8, 4) is 22.9 Å². The molecule has 5 aromatic rings. The zero-order valence-electron chi connectivity index (χ0n) is 29.8. The van der Waals surface area contributed by atoms with Crippen molar-refractivity contribution in [3.63, 3.8) is 0 Å². The monoisotopic (exact) mass is 748 g/mol. The molecule has 0 amide bonds. The molecule has 14 heteroatoms. The summed E-state index contributed by atoms with van der Waals surface area (Å²) in [5, 5.41) is 3.09. The molecule has 0 saturated heterocycles. The Kier molecular flexibility index (Phi) is 11.0. The average Bonchev–Trinajstić information content (AvgIpc) is 3.59. The van der Waals surface area contributed by atoms with Crippen LogP contribution < -0.4 is 17.8 Å². The Morgan fingerprint density at radius 1 is 0.961 bits per heavy atom. The molecule has 2 heterocycles. The van der Waals surface area contributed by atoms with Crippen molar-refractivity contribution in [2.45, 2.75) is 73.6 Å². The van der Waals surface area contributed by atoms with E-state index in [0.717, 1.165) is 17.5 Å². The van der Waals surface area contributed by atoms with Crippen molar-refractivity contribution in [2.24, 2.45) is 5.41 Å². The van der Waals surface area contributed by atoms with E-state index in [1.807, 2.05) is 19.1 Å². The maximum Gasteiger partial charge on any atom is 0.316 e. The van der Waals surface area contributed by atoms with Crippen LogP contribution in [0.2, 0.25) is 5.15 Å². The van der Waals surface area contributed by atoms with Crippen LogP contribution in [0, 0.1) is 25.8 Å². The van der Waals surface area contributed by atoms with Gasteiger partial charge in [-0.25, -0.2) is 14.3 Å². The highest BCUT2D eigenvalue weighted by atomic mass is 35.5. The van der Waals surface area contributed by atoms with Gasteiger partial charge in [0.1, 0.15) is 16.7 Å². The van der Waals surface area contributed by atoms with Gasteiger partial charge in [0.05, 0.1) is 23.5 Å². The number of Topliss-reactive ketones (excluding diaryl/α,β-unsaturated/α-hetero) is 1. The number of aromatic amines is 1. The summed E-state index contributed by atoms with van der Waals surface area (Å²) < 4.78 is 45.2. The second-order valence-electron chi connectivity index (χ2n) is 14.1. The lowest BCUT2D eigenvalue weighted by Crippen LogP contribution is -2.25. The first-order chi connectivity index (χ1) is 24.0. The number of H-pyrrole nitrogens is 1. The molecule has 2 unspecified atom stereocenters. The molecule has 51 heavy (non-hydrogen) atoms. The number of nitrogens with zero attached hydrogens (tertiary/aromatic N) is 3. The fraction of sp³-hybridized carbons (Fsp3) is 0.324. The molecule has 0 bridgehead atoms. The Labute approximate surface area is 308 Å². The minimum Gasteiger partial charge on any atom is -0.385 e. The maximum absolute atomic E-state index is 13.3. The Morgan fingerprint density at radius 3 is 2.24 bits per heavy atom. The number of hydrogen-bond donors (Lipinski definition) is 3. The third-order valence-corrected chi connectivity index (χ3v) is 10.0. The zero-order chi connectivity index (χ0) is 37.2. The number of aromatic nitrogens is 3. The number of rotatable bonds is 13. The summed E-state index contributed by atoms with van der Waals surface area (Å²) in [6.07, 6.45) is 1.14. The van der Waals surface area contributed by atoms with Gasteiger partial charge in [0.2, 0.25) is 5.69 Å². The Morgan fingerprint density at radius 2 is 1.59 bits per heavy atom. The molecule has 0 spiro atoms. The molecule has 2 aromatic heterocycles. The molecule has 11 nitrogen and oxygen atoms in total. The van der Waals surface area contributed by atoms with Gasteiger partial charge in [0, 0.05) is 18.1 Å². The number of carbonyl (C=O) groups is 1. The topological polar surface area (TPSA) is 131 Å². The second-order valence-corrected chi connectivity index (χ2v) is 16.1. The lowest BCUT2D eigenvalue weighted by atomic mass is 9.72. The molecule has 0 aliphatic carbocycles. The van der Waals surface area contributed by atoms with E-state index in [1.54, 1.807) is 56.3 Å². The molecule has 0 aliphatic heterocycles. The van der Waals surface area contributed by atoms with E-state index in [0.29, 0.717) is 34.1 Å². The summed E-state index contributed by atoms with van der Waals surface area (Å²) >= 11 is 2.42. The molecule has 3 N–H and O–H groups in total. The van der Waals surface area contributed by atoms with Crippen LogP contribution in [0.15, 0.2) is 60.7 Å². The van der Waals surface area contributed by atoms with Gasteiger partial charge < -0.3 is 8.37 Å². The number of carbonyl (C=O) groups excluding carboxylic acids is 1. The molecular weight excluding hydrogens is 708 g/mol. The summed E-state index contributed by atoms with van der Waals surface area (Å²) in [7, 11) is 0. The molecule has 2 atom stereocenters. The van der Waals surface area contributed by atoms with Gasteiger partial charge in [0.25, 0.3) is 0 Å². The number of nitrogens with one attached hydrogen (secondary N) is 3. The van der Waals surface area contributed by atoms with Crippen LogP contribution in [-0.2, 0) is 27.9 Å². The highest BCUT2D eigenvalue weighted by Crippen LogP contribution is 2.39. The van der Waals surface area contributed by atoms with Crippen molar-refractivity contribution >= 4 is 62.6 Å². The van der Waals surface area contributed by atoms with Crippen molar-refractivity contribution in [1.29, 1.82) is 0 Å². The van der Waals surface area contributed by atoms with Crippen molar-refractivity contribution in [1.82, 2.24) is 14.6 Å². The van der Waals surface area contributed by atoms with E-state index in [1.165, 1.54) is 4.52 Å². The molecular formula is C37H41ClN6O5S2. The number of ketones is 1. The number of anilines is 2. The lowest BCUT2D eigenvalue weighted by Gasteiger charge is -2.33. The molecule has 0 fully saturated rings.